The summed E-state index contributed by atoms with van der Waals surface area (Å²) in [6.07, 6.45) is 3.66. The number of rotatable bonds is 8. The Morgan fingerprint density at radius 2 is 2.29 bits per heavy atom. The van der Waals surface area contributed by atoms with E-state index in [0.717, 1.165) is 38.3 Å². The van der Waals surface area contributed by atoms with Gasteiger partial charge in [0.15, 0.2) is 5.96 Å². The van der Waals surface area contributed by atoms with Crippen molar-refractivity contribution in [3.8, 4) is 0 Å². The summed E-state index contributed by atoms with van der Waals surface area (Å²) < 4.78 is 5.10. The molecule has 0 radical (unpaired) electrons. The maximum Gasteiger partial charge on any atom is 0.222 e. The van der Waals surface area contributed by atoms with Crippen molar-refractivity contribution < 1.29 is 9.53 Å². The third kappa shape index (κ3) is 5.91. The molecule has 1 amide bonds. The number of amides is 1. The molecule has 122 valence electrons. The molecule has 0 aliphatic carbocycles. The summed E-state index contributed by atoms with van der Waals surface area (Å²) in [5.74, 6) is 1.08. The first-order chi connectivity index (χ1) is 10.1. The van der Waals surface area contributed by atoms with Gasteiger partial charge in [-0.3, -0.25) is 9.79 Å². The van der Waals surface area contributed by atoms with Crippen LogP contribution in [0.5, 0.6) is 0 Å². The van der Waals surface area contributed by atoms with Gasteiger partial charge in [0.1, 0.15) is 0 Å². The van der Waals surface area contributed by atoms with E-state index in [0.29, 0.717) is 25.0 Å². The van der Waals surface area contributed by atoms with E-state index in [4.69, 9.17) is 4.74 Å². The van der Waals surface area contributed by atoms with E-state index in [1.165, 1.54) is 0 Å². The minimum absolute atomic E-state index is 0.211. The van der Waals surface area contributed by atoms with E-state index in [-0.39, 0.29) is 6.04 Å². The van der Waals surface area contributed by atoms with Gasteiger partial charge < -0.3 is 20.3 Å². The van der Waals surface area contributed by atoms with E-state index in [1.807, 2.05) is 11.8 Å². The van der Waals surface area contributed by atoms with E-state index in [2.05, 4.69) is 22.5 Å². The summed E-state index contributed by atoms with van der Waals surface area (Å²) in [6.45, 7) is 6.55. The van der Waals surface area contributed by atoms with Gasteiger partial charge in [0.2, 0.25) is 5.91 Å². The van der Waals surface area contributed by atoms with Crippen LogP contribution in [0.4, 0.5) is 0 Å². The van der Waals surface area contributed by atoms with E-state index >= 15 is 0 Å². The lowest BCUT2D eigenvalue weighted by Gasteiger charge is -2.27. The van der Waals surface area contributed by atoms with Crippen LogP contribution in [0, 0.1) is 0 Å². The second kappa shape index (κ2) is 9.60. The van der Waals surface area contributed by atoms with Crippen molar-refractivity contribution in [3.05, 3.63) is 0 Å². The summed E-state index contributed by atoms with van der Waals surface area (Å²) in [5.41, 5.74) is 0. The Bertz CT molecular complexity index is 347. The fourth-order valence-corrected chi connectivity index (χ4v) is 2.71. The monoisotopic (exact) mass is 298 g/mol. The number of carbonyl (C=O) groups is 1. The van der Waals surface area contributed by atoms with Gasteiger partial charge in [-0.25, -0.2) is 0 Å². The largest absolute Gasteiger partial charge is 0.383 e. The van der Waals surface area contributed by atoms with Crippen LogP contribution in [0.25, 0.3) is 0 Å². The Kier molecular flexibility index (Phi) is 8.12. The summed E-state index contributed by atoms with van der Waals surface area (Å²) in [6, 6.07) is 0.547. The molecule has 6 heteroatoms. The maximum atomic E-state index is 11.8. The number of nitrogens with zero attached hydrogens (tertiary/aromatic N) is 2. The second-order valence-electron chi connectivity index (χ2n) is 5.54. The average Bonchev–Trinajstić information content (AvgIpc) is 2.88. The maximum absolute atomic E-state index is 11.8. The van der Waals surface area contributed by atoms with Gasteiger partial charge in [0.25, 0.3) is 0 Å². The van der Waals surface area contributed by atoms with Crippen molar-refractivity contribution >= 4 is 11.9 Å². The minimum atomic E-state index is 0.211. The van der Waals surface area contributed by atoms with E-state index < -0.39 is 0 Å². The van der Waals surface area contributed by atoms with Crippen LogP contribution in [-0.4, -0.2) is 62.7 Å². The summed E-state index contributed by atoms with van der Waals surface area (Å²) in [5, 5.41) is 6.58. The third-order valence-electron chi connectivity index (χ3n) is 3.82. The first-order valence-electron chi connectivity index (χ1n) is 7.87. The van der Waals surface area contributed by atoms with Crippen molar-refractivity contribution in [1.82, 2.24) is 15.5 Å². The molecule has 0 saturated carbocycles. The Labute approximate surface area is 128 Å². The van der Waals surface area contributed by atoms with Crippen molar-refractivity contribution in [2.24, 2.45) is 4.99 Å². The van der Waals surface area contributed by atoms with Crippen LogP contribution in [0.1, 0.15) is 39.5 Å². The van der Waals surface area contributed by atoms with Crippen LogP contribution in [0.3, 0.4) is 0 Å². The normalized spacial score (nSPS) is 18.8. The molecule has 1 aliphatic rings. The molecular formula is C15H30N4O2. The summed E-state index contributed by atoms with van der Waals surface area (Å²) >= 11 is 0. The van der Waals surface area contributed by atoms with E-state index in [1.54, 1.807) is 14.2 Å². The topological polar surface area (TPSA) is 66.0 Å². The highest BCUT2D eigenvalue weighted by atomic mass is 16.5. The number of hydrogen-bond donors (Lipinski definition) is 2. The van der Waals surface area contributed by atoms with Crippen LogP contribution < -0.4 is 10.6 Å². The van der Waals surface area contributed by atoms with Crippen molar-refractivity contribution in [2.45, 2.75) is 51.6 Å². The van der Waals surface area contributed by atoms with Crippen LogP contribution in [0.2, 0.25) is 0 Å². The number of guanidine groups is 1. The second-order valence-corrected chi connectivity index (χ2v) is 5.54. The van der Waals surface area contributed by atoms with Crippen LogP contribution >= 0.6 is 0 Å². The van der Waals surface area contributed by atoms with Gasteiger partial charge in [0, 0.05) is 45.8 Å². The Morgan fingerprint density at radius 3 is 2.81 bits per heavy atom. The van der Waals surface area contributed by atoms with Gasteiger partial charge in [-0.05, 0) is 26.2 Å². The van der Waals surface area contributed by atoms with Crippen molar-refractivity contribution in [2.75, 3.05) is 33.9 Å². The lowest BCUT2D eigenvalue weighted by molar-refractivity contribution is -0.129. The number of likely N-dealkylation sites (tertiary alicyclic amines) is 1. The molecule has 2 atom stereocenters. The molecular weight excluding hydrogens is 268 g/mol. The highest BCUT2D eigenvalue weighted by molar-refractivity contribution is 5.80. The van der Waals surface area contributed by atoms with Gasteiger partial charge in [-0.15, -0.1) is 0 Å². The van der Waals surface area contributed by atoms with Crippen molar-refractivity contribution in [3.63, 3.8) is 0 Å². The molecule has 1 heterocycles. The van der Waals surface area contributed by atoms with Gasteiger partial charge in [-0.1, -0.05) is 6.92 Å². The zero-order chi connectivity index (χ0) is 15.7. The molecule has 0 spiro atoms. The first kappa shape index (κ1) is 17.8. The molecule has 2 N–H and O–H groups in total. The lowest BCUT2D eigenvalue weighted by atomic mass is 10.1. The highest BCUT2D eigenvalue weighted by Gasteiger charge is 2.26. The van der Waals surface area contributed by atoms with E-state index in [9.17, 15) is 4.79 Å². The number of methoxy groups -OCH3 is 1. The average molecular weight is 298 g/mol. The standard InChI is InChI=1S/C15H30N4O2/c1-5-13(19-10-6-7-14(19)20)8-9-17-15(16-3)18-12(2)11-21-4/h12-13H,5-11H2,1-4H3,(H2,16,17,18). The molecule has 0 bridgehead atoms. The Hall–Kier alpha value is -1.30. The van der Waals surface area contributed by atoms with Gasteiger partial charge in [0.05, 0.1) is 6.61 Å². The number of hydrogen-bond acceptors (Lipinski definition) is 3. The number of carbonyl (C=O) groups excluding carboxylic acids is 1. The molecule has 6 nitrogen and oxygen atoms in total. The molecule has 0 aromatic rings. The molecule has 1 aliphatic heterocycles. The fourth-order valence-electron chi connectivity index (χ4n) is 2.71. The predicted octanol–water partition coefficient (Wildman–Crippen LogP) is 0.977. The summed E-state index contributed by atoms with van der Waals surface area (Å²) in [4.78, 5) is 18.0. The molecule has 1 saturated heterocycles. The number of ether oxygens (including phenoxy) is 1. The van der Waals surface area contributed by atoms with Crippen LogP contribution in [0.15, 0.2) is 4.99 Å². The third-order valence-corrected chi connectivity index (χ3v) is 3.82. The zero-order valence-corrected chi connectivity index (χ0v) is 13.8. The number of nitrogens with one attached hydrogen (secondary N) is 2. The highest BCUT2D eigenvalue weighted by Crippen LogP contribution is 2.17. The SMILES string of the molecule is CCC(CCNC(=NC)NC(C)COC)N1CCCC1=O. The molecule has 1 rings (SSSR count). The molecule has 0 aromatic carbocycles. The molecule has 2 unspecified atom stereocenters. The Balaban J connectivity index is 2.34. The minimum Gasteiger partial charge on any atom is -0.383 e. The van der Waals surface area contributed by atoms with Gasteiger partial charge >= 0.3 is 0 Å². The zero-order valence-electron chi connectivity index (χ0n) is 13.8. The predicted molar refractivity (Wildman–Crippen MR) is 85.5 cm³/mol. The smallest absolute Gasteiger partial charge is 0.222 e. The fraction of sp³-hybridized carbons (Fsp3) is 0.867. The number of aliphatic imine (C=N–C) groups is 1. The summed E-state index contributed by atoms with van der Waals surface area (Å²) in [7, 11) is 3.45. The van der Waals surface area contributed by atoms with Crippen molar-refractivity contribution in [1.29, 1.82) is 0 Å². The first-order valence-corrected chi connectivity index (χ1v) is 7.87. The Morgan fingerprint density at radius 1 is 1.52 bits per heavy atom. The molecule has 21 heavy (non-hydrogen) atoms. The lowest BCUT2D eigenvalue weighted by Crippen LogP contribution is -2.45. The quantitative estimate of drug-likeness (QED) is 0.518. The van der Waals surface area contributed by atoms with Gasteiger partial charge in [-0.2, -0.15) is 0 Å². The molecule has 1 fully saturated rings. The molecule has 0 aromatic heterocycles. The van der Waals surface area contributed by atoms with Crippen LogP contribution in [-0.2, 0) is 9.53 Å².